The molecule has 0 amide bonds. The molecule has 0 aliphatic heterocycles. The normalized spacial score (nSPS) is 11.4. The van der Waals surface area contributed by atoms with Crippen molar-refractivity contribution < 1.29 is 0 Å². The summed E-state index contributed by atoms with van der Waals surface area (Å²) in [6, 6.07) is 95.3. The van der Waals surface area contributed by atoms with Crippen LogP contribution in [0.25, 0.3) is 98.7 Å². The molecule has 0 saturated carbocycles. The Morgan fingerprint density at radius 2 is 0.646 bits per heavy atom. The van der Waals surface area contributed by atoms with Crippen LogP contribution in [0.5, 0.6) is 0 Å². The molecule has 0 bridgehead atoms. The second kappa shape index (κ2) is 16.3. The van der Waals surface area contributed by atoms with Gasteiger partial charge in [0.2, 0.25) is 0 Å². The van der Waals surface area contributed by atoms with E-state index in [1.165, 1.54) is 98.7 Å². The van der Waals surface area contributed by atoms with Crippen LogP contribution in [-0.2, 0) is 0 Å². The Hall–Kier alpha value is -8.52. The molecule has 0 aromatic heterocycles. The van der Waals surface area contributed by atoms with Crippen molar-refractivity contribution in [3.63, 3.8) is 0 Å². The average Bonchev–Trinajstić information content (AvgIpc) is 3.39. The van der Waals surface area contributed by atoms with Gasteiger partial charge in [-0.25, -0.2) is 0 Å². The smallest absolute Gasteiger partial charge is 0.0468 e. The number of hydrogen-bond donors (Lipinski definition) is 0. The van der Waals surface area contributed by atoms with E-state index in [9.17, 15) is 0 Å². The van der Waals surface area contributed by atoms with Gasteiger partial charge in [-0.15, -0.1) is 0 Å². The highest BCUT2D eigenvalue weighted by atomic mass is 15.1. The molecule has 0 N–H and O–H groups in total. The second-order valence-corrected chi connectivity index (χ2v) is 16.9. The van der Waals surface area contributed by atoms with Crippen LogP contribution >= 0.6 is 0 Å². The van der Waals surface area contributed by atoms with Gasteiger partial charge in [-0.05, 0) is 141 Å². The molecule has 0 heterocycles. The highest BCUT2D eigenvalue weighted by molar-refractivity contribution is 6.22. The molecule has 0 aliphatic rings. The van der Waals surface area contributed by atoms with Gasteiger partial charge in [-0.3, -0.25) is 0 Å². The van der Waals surface area contributed by atoms with Crippen LogP contribution < -0.4 is 4.90 Å². The summed E-state index contributed by atoms with van der Waals surface area (Å²) in [7, 11) is 0. The number of nitrogens with zero attached hydrogens (tertiary/aromatic N) is 1. The fourth-order valence-corrected chi connectivity index (χ4v) is 9.87. The SMILES string of the molecule is c1ccc(-c2c(-c3ccccc3)c3cc(N(c4ccc(-c5ccc(-c6ccc7ccccc7c6)cc5)cc4)c4ccc(-c5cccc6ccccc56)cc4)ccc3c3ccccc23)cc1. The molecule has 1 heteroatoms. The maximum atomic E-state index is 2.41. The van der Waals surface area contributed by atoms with E-state index in [2.05, 4.69) is 266 Å². The van der Waals surface area contributed by atoms with Crippen molar-refractivity contribution >= 4 is 60.2 Å². The minimum absolute atomic E-state index is 1.09. The van der Waals surface area contributed by atoms with Crippen LogP contribution in [-0.4, -0.2) is 0 Å². The molecule has 0 saturated heterocycles. The monoisotopic (exact) mass is 825 g/mol. The largest absolute Gasteiger partial charge is 0.310 e. The Labute approximate surface area is 379 Å². The van der Waals surface area contributed by atoms with E-state index in [1.54, 1.807) is 0 Å². The maximum Gasteiger partial charge on any atom is 0.0468 e. The molecule has 0 spiro atoms. The van der Waals surface area contributed by atoms with E-state index < -0.39 is 0 Å². The highest BCUT2D eigenvalue weighted by Gasteiger charge is 2.21. The lowest BCUT2D eigenvalue weighted by molar-refractivity contribution is 1.29. The average molecular weight is 826 g/mol. The quantitative estimate of drug-likeness (QED) is 0.138. The Bertz CT molecular complexity index is 3660. The Balaban J connectivity index is 1.00. The number of rotatable bonds is 8. The van der Waals surface area contributed by atoms with Crippen molar-refractivity contribution in [1.29, 1.82) is 0 Å². The van der Waals surface area contributed by atoms with Crippen LogP contribution in [0.3, 0.4) is 0 Å². The number of anilines is 3. The minimum atomic E-state index is 1.09. The lowest BCUT2D eigenvalue weighted by Gasteiger charge is -2.27. The molecule has 0 fully saturated rings. The van der Waals surface area contributed by atoms with E-state index in [1.807, 2.05) is 0 Å². The van der Waals surface area contributed by atoms with E-state index >= 15 is 0 Å². The molecule has 304 valence electrons. The molecular formula is C64H43N. The van der Waals surface area contributed by atoms with Gasteiger partial charge < -0.3 is 4.90 Å². The number of benzene rings is 12. The van der Waals surface area contributed by atoms with Crippen LogP contribution in [0.1, 0.15) is 0 Å². The predicted octanol–water partition coefficient (Wildman–Crippen LogP) is 18.1. The molecular weight excluding hydrogens is 783 g/mol. The zero-order valence-corrected chi connectivity index (χ0v) is 35.8. The van der Waals surface area contributed by atoms with E-state index in [-0.39, 0.29) is 0 Å². The first-order chi connectivity index (χ1) is 32.2. The third kappa shape index (κ3) is 7.01. The predicted molar refractivity (Wildman–Crippen MR) is 278 cm³/mol. The van der Waals surface area contributed by atoms with Gasteiger partial charge >= 0.3 is 0 Å². The fraction of sp³-hybridized carbons (Fsp3) is 0. The first-order valence-electron chi connectivity index (χ1n) is 22.4. The van der Waals surface area contributed by atoms with E-state index in [4.69, 9.17) is 0 Å². The van der Waals surface area contributed by atoms with Crippen LogP contribution in [0.4, 0.5) is 17.1 Å². The topological polar surface area (TPSA) is 3.24 Å². The standard InChI is InChI=1S/C64H43N/c1-3-16-50(17-4-1)63-61-24-12-11-23-59(61)60-41-40-56(43-62(60)64(63)51-18-5-2-6-19-51)65(55-38-34-49(35-39-55)58-25-13-21-48-15-9-10-22-57(48)58)54-36-32-46(33-37-54)45-26-28-47(29-27-45)53-31-30-44-14-7-8-20-52(44)42-53/h1-43H. The first kappa shape index (κ1) is 38.2. The maximum absolute atomic E-state index is 2.41. The molecule has 12 aromatic rings. The van der Waals surface area contributed by atoms with Gasteiger partial charge in [0.15, 0.2) is 0 Å². The lowest BCUT2D eigenvalue weighted by Crippen LogP contribution is -2.10. The molecule has 0 aliphatic carbocycles. The fourth-order valence-electron chi connectivity index (χ4n) is 9.87. The first-order valence-corrected chi connectivity index (χ1v) is 22.4. The molecule has 1 nitrogen and oxygen atoms in total. The van der Waals surface area contributed by atoms with Gasteiger partial charge in [0.1, 0.15) is 0 Å². The molecule has 65 heavy (non-hydrogen) atoms. The molecule has 12 aromatic carbocycles. The summed E-state index contributed by atoms with van der Waals surface area (Å²) in [5, 5.41) is 9.95. The summed E-state index contributed by atoms with van der Waals surface area (Å²) in [6.45, 7) is 0. The third-order valence-corrected chi connectivity index (χ3v) is 13.0. The van der Waals surface area contributed by atoms with Crippen molar-refractivity contribution in [2.45, 2.75) is 0 Å². The number of hydrogen-bond acceptors (Lipinski definition) is 1. The Morgan fingerprint density at radius 1 is 0.200 bits per heavy atom. The third-order valence-electron chi connectivity index (χ3n) is 13.0. The summed E-state index contributed by atoms with van der Waals surface area (Å²) in [5.41, 5.74) is 15.4. The summed E-state index contributed by atoms with van der Waals surface area (Å²) in [4.78, 5) is 2.41. The van der Waals surface area contributed by atoms with Gasteiger partial charge in [0, 0.05) is 17.1 Å². The minimum Gasteiger partial charge on any atom is -0.310 e. The molecule has 0 atom stereocenters. The highest BCUT2D eigenvalue weighted by Crippen LogP contribution is 2.47. The zero-order chi connectivity index (χ0) is 43.1. The van der Waals surface area contributed by atoms with Crippen molar-refractivity contribution in [1.82, 2.24) is 0 Å². The Morgan fingerprint density at radius 3 is 1.31 bits per heavy atom. The van der Waals surface area contributed by atoms with Crippen molar-refractivity contribution in [2.24, 2.45) is 0 Å². The second-order valence-electron chi connectivity index (χ2n) is 16.9. The van der Waals surface area contributed by atoms with Crippen molar-refractivity contribution in [3.8, 4) is 55.6 Å². The summed E-state index contributed by atoms with van der Waals surface area (Å²) in [6.07, 6.45) is 0. The van der Waals surface area contributed by atoms with Crippen LogP contribution in [0.15, 0.2) is 261 Å². The van der Waals surface area contributed by atoms with Crippen molar-refractivity contribution in [3.05, 3.63) is 261 Å². The van der Waals surface area contributed by atoms with Crippen LogP contribution in [0.2, 0.25) is 0 Å². The van der Waals surface area contributed by atoms with E-state index in [0.717, 1.165) is 17.1 Å². The summed E-state index contributed by atoms with van der Waals surface area (Å²) >= 11 is 0. The number of fused-ring (bicyclic) bond motifs is 5. The molecule has 0 unspecified atom stereocenters. The Kier molecular flexibility index (Phi) is 9.58. The van der Waals surface area contributed by atoms with E-state index in [0.29, 0.717) is 0 Å². The molecule has 12 rings (SSSR count). The summed E-state index contributed by atoms with van der Waals surface area (Å²) < 4.78 is 0. The zero-order valence-electron chi connectivity index (χ0n) is 35.8. The van der Waals surface area contributed by atoms with Gasteiger partial charge in [-0.1, -0.05) is 218 Å². The lowest BCUT2D eigenvalue weighted by atomic mass is 9.85. The van der Waals surface area contributed by atoms with Gasteiger partial charge in [0.25, 0.3) is 0 Å². The summed E-state index contributed by atoms with van der Waals surface area (Å²) in [5.74, 6) is 0. The van der Waals surface area contributed by atoms with Gasteiger partial charge in [0.05, 0.1) is 0 Å². The van der Waals surface area contributed by atoms with Crippen molar-refractivity contribution in [2.75, 3.05) is 4.90 Å². The van der Waals surface area contributed by atoms with Gasteiger partial charge in [-0.2, -0.15) is 0 Å². The van der Waals surface area contributed by atoms with Crippen LogP contribution in [0, 0.1) is 0 Å². The molecule has 0 radical (unpaired) electrons.